The van der Waals surface area contributed by atoms with Gasteiger partial charge in [0.05, 0.1) is 14.5 Å². The predicted octanol–water partition coefficient (Wildman–Crippen LogP) is 2.08. The van der Waals surface area contributed by atoms with Gasteiger partial charge in [0.15, 0.2) is 0 Å². The van der Waals surface area contributed by atoms with Crippen molar-refractivity contribution in [3.8, 4) is 0 Å². The molecule has 0 bridgehead atoms. The Hall–Kier alpha value is -1.35. The van der Waals surface area contributed by atoms with Gasteiger partial charge in [-0.15, -0.1) is 6.58 Å². The van der Waals surface area contributed by atoms with E-state index in [2.05, 4.69) is 55.8 Å². The molecular weight excluding hydrogens is 226 g/mol. The molecule has 3 heteroatoms. The van der Waals surface area contributed by atoms with Crippen LogP contribution in [0, 0.1) is 0 Å². The summed E-state index contributed by atoms with van der Waals surface area (Å²) in [7, 11) is -1.23. The maximum Gasteiger partial charge on any atom is 0.224 e. The third kappa shape index (κ3) is 4.57. The Morgan fingerprint density at radius 1 is 1.29 bits per heavy atom. The minimum Gasteiger partial charge on any atom is -0.352 e. The van der Waals surface area contributed by atoms with E-state index in [1.54, 1.807) is 6.08 Å². The Kier molecular flexibility index (Phi) is 4.69. The van der Waals surface area contributed by atoms with Crippen LogP contribution in [0.25, 0.3) is 0 Å². The van der Waals surface area contributed by atoms with Crippen LogP contribution in [0.2, 0.25) is 19.6 Å². The third-order valence-electron chi connectivity index (χ3n) is 2.63. The van der Waals surface area contributed by atoms with E-state index in [-0.39, 0.29) is 5.91 Å². The molecule has 17 heavy (non-hydrogen) atoms. The summed E-state index contributed by atoms with van der Waals surface area (Å²) in [6, 6.07) is 8.42. The van der Waals surface area contributed by atoms with Crippen LogP contribution in [0.3, 0.4) is 0 Å². The lowest BCUT2D eigenvalue weighted by atomic mass is 10.1. The van der Waals surface area contributed by atoms with Gasteiger partial charge in [0.25, 0.3) is 0 Å². The van der Waals surface area contributed by atoms with E-state index in [1.807, 2.05) is 0 Å². The lowest BCUT2D eigenvalue weighted by molar-refractivity contribution is -0.120. The van der Waals surface area contributed by atoms with Gasteiger partial charge in [-0.05, 0) is 5.56 Å². The molecule has 1 N–H and O–H groups in total. The average molecular weight is 247 g/mol. The SMILES string of the molecule is C=CCNC(=O)Cc1ccc([Si](C)(C)C)cc1. The van der Waals surface area contributed by atoms with Crippen LogP contribution in [0.1, 0.15) is 5.56 Å². The highest BCUT2D eigenvalue weighted by molar-refractivity contribution is 6.88. The van der Waals surface area contributed by atoms with Crippen LogP contribution >= 0.6 is 0 Å². The largest absolute Gasteiger partial charge is 0.352 e. The highest BCUT2D eigenvalue weighted by Crippen LogP contribution is 2.05. The van der Waals surface area contributed by atoms with Gasteiger partial charge in [0.1, 0.15) is 0 Å². The summed E-state index contributed by atoms with van der Waals surface area (Å²) in [5.74, 6) is 0.0469. The molecule has 0 aliphatic rings. The summed E-state index contributed by atoms with van der Waals surface area (Å²) in [5.41, 5.74) is 1.06. The van der Waals surface area contributed by atoms with Crippen LogP contribution in [-0.2, 0) is 11.2 Å². The number of carbonyl (C=O) groups is 1. The van der Waals surface area contributed by atoms with E-state index in [0.29, 0.717) is 13.0 Å². The molecule has 0 aliphatic heterocycles. The molecule has 0 heterocycles. The van der Waals surface area contributed by atoms with Crippen molar-refractivity contribution in [1.29, 1.82) is 0 Å². The second-order valence-electron chi connectivity index (χ2n) is 5.22. The Labute approximate surface area is 105 Å². The molecule has 0 spiro atoms. The van der Waals surface area contributed by atoms with Gasteiger partial charge in [-0.2, -0.15) is 0 Å². The van der Waals surface area contributed by atoms with Crippen molar-refractivity contribution in [3.63, 3.8) is 0 Å². The summed E-state index contributed by atoms with van der Waals surface area (Å²) >= 11 is 0. The van der Waals surface area contributed by atoms with Gasteiger partial charge in [-0.3, -0.25) is 4.79 Å². The molecule has 1 rings (SSSR count). The minimum atomic E-state index is -1.23. The number of benzene rings is 1. The van der Waals surface area contributed by atoms with Crippen molar-refractivity contribution in [1.82, 2.24) is 5.32 Å². The van der Waals surface area contributed by atoms with Gasteiger partial charge in [0, 0.05) is 6.54 Å². The fourth-order valence-corrected chi connectivity index (χ4v) is 2.72. The Balaban J connectivity index is 2.62. The van der Waals surface area contributed by atoms with Crippen molar-refractivity contribution in [3.05, 3.63) is 42.5 Å². The zero-order chi connectivity index (χ0) is 12.9. The van der Waals surface area contributed by atoms with Gasteiger partial charge in [0.2, 0.25) is 5.91 Å². The minimum absolute atomic E-state index is 0.0469. The molecule has 0 atom stereocenters. The summed E-state index contributed by atoms with van der Waals surface area (Å²) in [4.78, 5) is 11.5. The number of hydrogen-bond donors (Lipinski definition) is 1. The number of hydrogen-bond acceptors (Lipinski definition) is 1. The lowest BCUT2D eigenvalue weighted by Gasteiger charge is -2.16. The van der Waals surface area contributed by atoms with Crippen molar-refractivity contribution < 1.29 is 4.79 Å². The number of rotatable bonds is 5. The molecule has 0 saturated carbocycles. The summed E-state index contributed by atoms with van der Waals surface area (Å²) in [5, 5.41) is 4.20. The van der Waals surface area contributed by atoms with Crippen LogP contribution in [0.15, 0.2) is 36.9 Å². The number of nitrogens with one attached hydrogen (secondary N) is 1. The Morgan fingerprint density at radius 2 is 1.88 bits per heavy atom. The van der Waals surface area contributed by atoms with Gasteiger partial charge in [-0.1, -0.05) is 55.2 Å². The molecule has 2 nitrogen and oxygen atoms in total. The molecule has 0 aliphatic carbocycles. The van der Waals surface area contributed by atoms with E-state index in [1.165, 1.54) is 5.19 Å². The summed E-state index contributed by atoms with van der Waals surface area (Å²) in [6.45, 7) is 11.1. The van der Waals surface area contributed by atoms with Crippen LogP contribution in [0.4, 0.5) is 0 Å². The molecule has 0 saturated heterocycles. The van der Waals surface area contributed by atoms with Crippen molar-refractivity contribution in [2.75, 3.05) is 6.54 Å². The molecule has 0 fully saturated rings. The van der Waals surface area contributed by atoms with Crippen molar-refractivity contribution >= 4 is 19.2 Å². The van der Waals surface area contributed by atoms with Crippen LogP contribution < -0.4 is 10.5 Å². The number of amides is 1. The van der Waals surface area contributed by atoms with E-state index < -0.39 is 8.07 Å². The zero-order valence-electron chi connectivity index (χ0n) is 10.9. The first-order valence-corrected chi connectivity index (χ1v) is 9.40. The first-order chi connectivity index (χ1) is 7.93. The summed E-state index contributed by atoms with van der Waals surface area (Å²) in [6.07, 6.45) is 2.13. The van der Waals surface area contributed by atoms with Crippen LogP contribution in [0.5, 0.6) is 0 Å². The van der Waals surface area contributed by atoms with Crippen molar-refractivity contribution in [2.45, 2.75) is 26.1 Å². The fraction of sp³-hybridized carbons (Fsp3) is 0.357. The fourth-order valence-electron chi connectivity index (χ4n) is 1.56. The van der Waals surface area contributed by atoms with E-state index in [0.717, 1.165) is 5.56 Å². The number of carbonyl (C=O) groups excluding carboxylic acids is 1. The molecule has 1 aromatic rings. The topological polar surface area (TPSA) is 29.1 Å². The second kappa shape index (κ2) is 5.82. The monoisotopic (exact) mass is 247 g/mol. The normalized spacial score (nSPS) is 11.0. The van der Waals surface area contributed by atoms with Gasteiger partial charge in [-0.25, -0.2) is 0 Å². The van der Waals surface area contributed by atoms with E-state index in [4.69, 9.17) is 0 Å². The molecular formula is C14H21NOSi. The highest BCUT2D eigenvalue weighted by atomic mass is 28.3. The first kappa shape index (κ1) is 13.7. The average Bonchev–Trinajstić information content (AvgIpc) is 2.26. The molecule has 0 aromatic heterocycles. The smallest absolute Gasteiger partial charge is 0.224 e. The standard InChI is InChI=1S/C14H21NOSi/c1-5-10-15-14(16)11-12-6-8-13(9-7-12)17(2,3)4/h5-9H,1,10-11H2,2-4H3,(H,15,16). The zero-order valence-corrected chi connectivity index (χ0v) is 11.9. The molecule has 1 amide bonds. The van der Waals surface area contributed by atoms with Crippen LogP contribution in [-0.4, -0.2) is 20.5 Å². The van der Waals surface area contributed by atoms with Gasteiger partial charge >= 0.3 is 0 Å². The van der Waals surface area contributed by atoms with E-state index >= 15 is 0 Å². The maximum atomic E-state index is 11.5. The summed E-state index contributed by atoms with van der Waals surface area (Å²) < 4.78 is 0. The molecule has 92 valence electrons. The second-order valence-corrected chi connectivity index (χ2v) is 10.3. The maximum absolute atomic E-state index is 11.5. The quantitative estimate of drug-likeness (QED) is 0.626. The van der Waals surface area contributed by atoms with Crippen molar-refractivity contribution in [2.24, 2.45) is 0 Å². The Morgan fingerprint density at radius 3 is 2.35 bits per heavy atom. The predicted molar refractivity (Wildman–Crippen MR) is 76.3 cm³/mol. The first-order valence-electron chi connectivity index (χ1n) is 5.90. The molecule has 0 radical (unpaired) electrons. The van der Waals surface area contributed by atoms with E-state index in [9.17, 15) is 4.79 Å². The molecule has 0 unspecified atom stereocenters. The van der Waals surface area contributed by atoms with Gasteiger partial charge < -0.3 is 5.32 Å². The lowest BCUT2D eigenvalue weighted by Crippen LogP contribution is -2.37. The third-order valence-corrected chi connectivity index (χ3v) is 4.69. The Bertz CT molecular complexity index is 390. The molecule has 1 aromatic carbocycles. The highest BCUT2D eigenvalue weighted by Gasteiger charge is 2.15.